The first-order valence-corrected chi connectivity index (χ1v) is 9.07. The number of aromatic nitrogens is 2. The number of hydrogen-bond acceptors (Lipinski definition) is 7. The van der Waals surface area contributed by atoms with E-state index in [0.29, 0.717) is 16.3 Å². The molecule has 0 bridgehead atoms. The molecule has 10 nitrogen and oxygen atoms in total. The van der Waals surface area contributed by atoms with E-state index in [-0.39, 0.29) is 22.5 Å². The maximum Gasteiger partial charge on any atom is 0.292 e. The number of hydrazone groups is 1. The van der Waals surface area contributed by atoms with Gasteiger partial charge < -0.3 is 0 Å². The molecule has 3 rings (SSSR count). The Bertz CT molecular complexity index is 1290. The number of amides is 1. The molecule has 1 aromatic heterocycles. The molecular weight excluding hydrogens is 424 g/mol. The first-order valence-electron chi connectivity index (χ1n) is 8.69. The number of nitriles is 1. The van der Waals surface area contributed by atoms with Gasteiger partial charge in [0, 0.05) is 22.7 Å². The molecule has 0 unspecified atom stereocenters. The van der Waals surface area contributed by atoms with Gasteiger partial charge in [0.1, 0.15) is 11.6 Å². The summed E-state index contributed by atoms with van der Waals surface area (Å²) in [6.45, 7) is 1.44. The van der Waals surface area contributed by atoms with Crippen molar-refractivity contribution in [2.75, 3.05) is 0 Å². The monoisotopic (exact) mass is 436 g/mol. The number of nitrogens with one attached hydrogen (secondary N) is 1. The number of nitro groups is 1. The summed E-state index contributed by atoms with van der Waals surface area (Å²) in [5.74, 6) is -0.741. The Morgan fingerprint density at radius 2 is 1.90 bits per heavy atom. The predicted octanol–water partition coefficient (Wildman–Crippen LogP) is 2.74. The number of nitrogens with zero attached hydrogens (tertiary/aromatic N) is 5. The van der Waals surface area contributed by atoms with E-state index in [1.54, 1.807) is 18.2 Å². The van der Waals surface area contributed by atoms with Crippen molar-refractivity contribution in [2.24, 2.45) is 5.10 Å². The van der Waals surface area contributed by atoms with Crippen LogP contribution in [0.3, 0.4) is 0 Å². The normalized spacial score (nSPS) is 10.6. The first kappa shape index (κ1) is 21.4. The van der Waals surface area contributed by atoms with Crippen LogP contribution in [0.4, 0.5) is 5.69 Å². The number of rotatable bonds is 5. The quantitative estimate of drug-likeness (QED) is 0.370. The van der Waals surface area contributed by atoms with Gasteiger partial charge in [-0.1, -0.05) is 11.6 Å². The van der Waals surface area contributed by atoms with Gasteiger partial charge in [-0.2, -0.15) is 20.1 Å². The zero-order valence-corrected chi connectivity index (χ0v) is 16.7. The van der Waals surface area contributed by atoms with E-state index in [9.17, 15) is 25.0 Å². The van der Waals surface area contributed by atoms with Gasteiger partial charge in [-0.15, -0.1) is 0 Å². The average Bonchev–Trinajstić information content (AvgIpc) is 2.75. The van der Waals surface area contributed by atoms with Gasteiger partial charge in [-0.3, -0.25) is 19.7 Å². The second kappa shape index (κ2) is 8.98. The number of halogens is 1. The molecule has 1 N–H and O–H groups in total. The van der Waals surface area contributed by atoms with Crippen molar-refractivity contribution in [1.82, 2.24) is 15.2 Å². The Morgan fingerprint density at radius 3 is 2.48 bits per heavy atom. The second-order valence-corrected chi connectivity index (χ2v) is 6.64. The van der Waals surface area contributed by atoms with Gasteiger partial charge >= 0.3 is 0 Å². The van der Waals surface area contributed by atoms with Crippen LogP contribution in [-0.2, 0) is 0 Å². The summed E-state index contributed by atoms with van der Waals surface area (Å²) < 4.78 is 0.941. The highest BCUT2D eigenvalue weighted by molar-refractivity contribution is 6.30. The maximum atomic E-state index is 12.6. The molecule has 0 aliphatic heterocycles. The van der Waals surface area contributed by atoms with Gasteiger partial charge in [0.15, 0.2) is 5.69 Å². The van der Waals surface area contributed by atoms with E-state index in [1.807, 2.05) is 0 Å². The van der Waals surface area contributed by atoms with E-state index in [4.69, 9.17) is 11.6 Å². The lowest BCUT2D eigenvalue weighted by Crippen LogP contribution is -2.31. The molecule has 0 saturated heterocycles. The third-order valence-corrected chi connectivity index (χ3v) is 4.47. The topological polar surface area (TPSA) is 143 Å². The number of non-ortho nitro benzene ring substituents is 1. The standard InChI is InChI=1S/C20H13ClN6O4/c1-12-17(10-22)20(29)26(15-8-4-14(21)5-9-15)25-18(12)19(28)24-23-11-13-2-6-16(7-3-13)27(30)31/h2-9,11H,1H3,(H,24,28)/b23-11+. The number of carbonyl (C=O) groups excluding carboxylic acids is 1. The second-order valence-electron chi connectivity index (χ2n) is 6.20. The van der Waals surface area contributed by atoms with Gasteiger partial charge in [-0.05, 0) is 48.9 Å². The first-order chi connectivity index (χ1) is 14.8. The molecule has 0 saturated carbocycles. The Balaban J connectivity index is 1.90. The largest absolute Gasteiger partial charge is 0.292 e. The van der Waals surface area contributed by atoms with Gasteiger partial charge in [0.05, 0.1) is 16.8 Å². The molecular formula is C20H13ClN6O4. The molecule has 1 heterocycles. The lowest BCUT2D eigenvalue weighted by Gasteiger charge is -2.10. The molecule has 31 heavy (non-hydrogen) atoms. The van der Waals surface area contributed by atoms with Crippen LogP contribution < -0.4 is 11.0 Å². The Hall–Kier alpha value is -4.36. The van der Waals surface area contributed by atoms with Gasteiger partial charge in [0.2, 0.25) is 0 Å². The zero-order chi connectivity index (χ0) is 22.5. The van der Waals surface area contributed by atoms with Crippen molar-refractivity contribution in [3.05, 3.63) is 96.4 Å². The van der Waals surface area contributed by atoms with E-state index in [2.05, 4.69) is 15.6 Å². The van der Waals surface area contributed by atoms with Crippen LogP contribution >= 0.6 is 11.6 Å². The SMILES string of the molecule is Cc1c(C(=O)N/N=C/c2ccc([N+](=O)[O-])cc2)nn(-c2ccc(Cl)cc2)c(=O)c1C#N. The summed E-state index contributed by atoms with van der Waals surface area (Å²) in [6.07, 6.45) is 1.29. The third-order valence-electron chi connectivity index (χ3n) is 4.22. The molecule has 2 aromatic carbocycles. The van der Waals surface area contributed by atoms with Crippen molar-refractivity contribution in [3.63, 3.8) is 0 Å². The molecule has 0 atom stereocenters. The predicted molar refractivity (Wildman–Crippen MR) is 112 cm³/mol. The van der Waals surface area contributed by atoms with Crippen LogP contribution in [-0.4, -0.2) is 26.8 Å². The molecule has 11 heteroatoms. The van der Waals surface area contributed by atoms with Crippen LogP contribution in [0.5, 0.6) is 0 Å². The molecule has 154 valence electrons. The number of nitro benzene ring substituents is 1. The third kappa shape index (κ3) is 4.63. The van der Waals surface area contributed by atoms with Crippen molar-refractivity contribution in [3.8, 4) is 11.8 Å². The minimum Gasteiger partial charge on any atom is -0.266 e. The van der Waals surface area contributed by atoms with Crippen LogP contribution in [0, 0.1) is 28.4 Å². The fraction of sp³-hybridized carbons (Fsp3) is 0.0500. The highest BCUT2D eigenvalue weighted by Gasteiger charge is 2.20. The highest BCUT2D eigenvalue weighted by Crippen LogP contribution is 2.14. The van der Waals surface area contributed by atoms with E-state index in [0.717, 1.165) is 4.68 Å². The number of hydrogen-bond donors (Lipinski definition) is 1. The summed E-state index contributed by atoms with van der Waals surface area (Å²) in [5, 5.41) is 28.4. The van der Waals surface area contributed by atoms with Crippen molar-refractivity contribution >= 4 is 29.4 Å². The van der Waals surface area contributed by atoms with Crippen molar-refractivity contribution < 1.29 is 9.72 Å². The van der Waals surface area contributed by atoms with Crippen LogP contribution in [0.2, 0.25) is 5.02 Å². The van der Waals surface area contributed by atoms with Crippen LogP contribution in [0.25, 0.3) is 5.69 Å². The molecule has 1 amide bonds. The fourth-order valence-electron chi connectivity index (χ4n) is 2.61. The summed E-state index contributed by atoms with van der Waals surface area (Å²) in [6, 6.07) is 13.5. The Kier molecular flexibility index (Phi) is 6.18. The lowest BCUT2D eigenvalue weighted by atomic mass is 10.1. The van der Waals surface area contributed by atoms with E-state index >= 15 is 0 Å². The number of benzene rings is 2. The van der Waals surface area contributed by atoms with E-state index in [1.165, 1.54) is 49.5 Å². The molecule has 0 aliphatic rings. The minimum absolute atomic E-state index is 0.0745. The smallest absolute Gasteiger partial charge is 0.266 e. The van der Waals surface area contributed by atoms with Crippen LogP contribution in [0.1, 0.15) is 27.2 Å². The van der Waals surface area contributed by atoms with Crippen molar-refractivity contribution in [1.29, 1.82) is 5.26 Å². The van der Waals surface area contributed by atoms with Crippen LogP contribution in [0.15, 0.2) is 58.4 Å². The molecule has 0 aliphatic carbocycles. The zero-order valence-electron chi connectivity index (χ0n) is 15.9. The Labute approximate surface area is 180 Å². The molecule has 0 radical (unpaired) electrons. The van der Waals surface area contributed by atoms with Gasteiger partial charge in [-0.25, -0.2) is 5.43 Å². The highest BCUT2D eigenvalue weighted by atomic mass is 35.5. The maximum absolute atomic E-state index is 12.6. The van der Waals surface area contributed by atoms with E-state index < -0.39 is 16.4 Å². The molecule has 0 fully saturated rings. The van der Waals surface area contributed by atoms with Gasteiger partial charge in [0.25, 0.3) is 17.2 Å². The lowest BCUT2D eigenvalue weighted by molar-refractivity contribution is -0.384. The Morgan fingerprint density at radius 1 is 1.26 bits per heavy atom. The molecule has 3 aromatic rings. The number of carbonyl (C=O) groups is 1. The average molecular weight is 437 g/mol. The summed E-state index contributed by atoms with van der Waals surface area (Å²) in [5.41, 5.74) is 2.09. The summed E-state index contributed by atoms with van der Waals surface area (Å²) in [7, 11) is 0. The molecule has 0 spiro atoms. The summed E-state index contributed by atoms with van der Waals surface area (Å²) in [4.78, 5) is 35.3. The minimum atomic E-state index is -0.741. The van der Waals surface area contributed by atoms with Crippen molar-refractivity contribution in [2.45, 2.75) is 6.92 Å². The fourth-order valence-corrected chi connectivity index (χ4v) is 2.74. The summed E-state index contributed by atoms with van der Waals surface area (Å²) >= 11 is 5.86.